The van der Waals surface area contributed by atoms with Crippen LogP contribution >= 0.6 is 0 Å². The van der Waals surface area contributed by atoms with Crippen LogP contribution in [-0.4, -0.2) is 32.6 Å². The Labute approximate surface area is 103 Å². The van der Waals surface area contributed by atoms with Crippen LogP contribution in [0.1, 0.15) is 6.42 Å². The molecule has 0 spiro atoms. The monoisotopic (exact) mass is 248 g/mol. The Bertz CT molecular complexity index is 551. The lowest BCUT2D eigenvalue weighted by Crippen LogP contribution is -2.04. The highest BCUT2D eigenvalue weighted by molar-refractivity contribution is 5.66. The topological polar surface area (TPSA) is 84.6 Å². The minimum Gasteiger partial charge on any atom is -0.508 e. The van der Waals surface area contributed by atoms with Crippen molar-refractivity contribution in [1.82, 2.24) is 9.78 Å². The van der Waals surface area contributed by atoms with E-state index in [2.05, 4.69) is 5.10 Å². The molecular weight excluding hydrogens is 236 g/mol. The molecule has 0 saturated carbocycles. The highest BCUT2D eigenvalue weighted by Gasteiger charge is 2.03. The number of phenolic OH excluding ortho intramolecular Hbond substituents is 1. The summed E-state index contributed by atoms with van der Waals surface area (Å²) >= 11 is 0. The van der Waals surface area contributed by atoms with Gasteiger partial charge in [0.2, 0.25) is 0 Å². The van der Waals surface area contributed by atoms with Crippen molar-refractivity contribution in [3.8, 4) is 17.2 Å². The van der Waals surface area contributed by atoms with E-state index in [4.69, 9.17) is 9.84 Å². The largest absolute Gasteiger partial charge is 0.508 e. The maximum Gasteiger partial charge on any atom is 0.306 e. The van der Waals surface area contributed by atoms with Crippen LogP contribution < -0.4 is 4.74 Å². The fourth-order valence-corrected chi connectivity index (χ4v) is 1.41. The molecular formula is C12H12N2O4. The van der Waals surface area contributed by atoms with E-state index in [-0.39, 0.29) is 18.8 Å². The van der Waals surface area contributed by atoms with E-state index in [0.29, 0.717) is 11.4 Å². The molecule has 2 rings (SSSR count). The number of carbonyl (C=O) groups is 1. The molecule has 0 saturated heterocycles. The fraction of sp³-hybridized carbons (Fsp3) is 0.167. The molecule has 0 amide bonds. The standard InChI is InChI=1S/C12H12N2O4/c15-10-3-1-2-9(6-10)14-8-11(7-13-14)18-5-4-12(16)17/h1-3,6-8,15H,4-5H2,(H,16,17). The van der Waals surface area contributed by atoms with Gasteiger partial charge in [0.05, 0.1) is 31.1 Å². The zero-order valence-electron chi connectivity index (χ0n) is 9.48. The maximum absolute atomic E-state index is 10.3. The maximum atomic E-state index is 10.3. The van der Waals surface area contributed by atoms with E-state index < -0.39 is 5.97 Å². The summed E-state index contributed by atoms with van der Waals surface area (Å²) in [6, 6.07) is 6.62. The summed E-state index contributed by atoms with van der Waals surface area (Å²) in [6.45, 7) is 0.0983. The number of hydrogen-bond acceptors (Lipinski definition) is 4. The molecule has 2 aromatic rings. The lowest BCUT2D eigenvalue weighted by molar-refractivity contribution is -0.137. The first kappa shape index (κ1) is 12.0. The van der Waals surface area contributed by atoms with Crippen molar-refractivity contribution in [2.45, 2.75) is 6.42 Å². The van der Waals surface area contributed by atoms with E-state index in [1.807, 2.05) is 0 Å². The second-order valence-electron chi connectivity index (χ2n) is 3.63. The minimum absolute atomic E-state index is 0.0582. The number of benzene rings is 1. The van der Waals surface area contributed by atoms with Crippen LogP contribution in [0.3, 0.4) is 0 Å². The minimum atomic E-state index is -0.907. The van der Waals surface area contributed by atoms with E-state index in [1.165, 1.54) is 10.9 Å². The number of phenols is 1. The highest BCUT2D eigenvalue weighted by Crippen LogP contribution is 2.17. The molecule has 1 aromatic carbocycles. The molecule has 0 aliphatic carbocycles. The Morgan fingerprint density at radius 1 is 1.44 bits per heavy atom. The molecule has 6 nitrogen and oxygen atoms in total. The molecule has 94 valence electrons. The number of aromatic nitrogens is 2. The van der Waals surface area contributed by atoms with Crippen molar-refractivity contribution in [2.75, 3.05) is 6.61 Å². The predicted octanol–water partition coefficient (Wildman–Crippen LogP) is 1.43. The van der Waals surface area contributed by atoms with Gasteiger partial charge in [-0.15, -0.1) is 0 Å². The quantitative estimate of drug-likeness (QED) is 0.836. The lowest BCUT2D eigenvalue weighted by Gasteiger charge is -2.01. The van der Waals surface area contributed by atoms with Crippen LogP contribution in [-0.2, 0) is 4.79 Å². The van der Waals surface area contributed by atoms with Crippen molar-refractivity contribution < 1.29 is 19.7 Å². The first-order chi connectivity index (χ1) is 8.65. The molecule has 0 radical (unpaired) electrons. The molecule has 0 atom stereocenters. The number of ether oxygens (including phenoxy) is 1. The molecule has 1 heterocycles. The normalized spacial score (nSPS) is 10.2. The van der Waals surface area contributed by atoms with E-state index in [0.717, 1.165) is 0 Å². The molecule has 18 heavy (non-hydrogen) atoms. The summed E-state index contributed by atoms with van der Waals surface area (Å²) in [7, 11) is 0. The summed E-state index contributed by atoms with van der Waals surface area (Å²) in [5.41, 5.74) is 0.697. The van der Waals surface area contributed by atoms with Crippen LogP contribution in [0.4, 0.5) is 0 Å². The number of rotatable bonds is 5. The molecule has 6 heteroatoms. The third-order valence-electron chi connectivity index (χ3n) is 2.24. The fourth-order valence-electron chi connectivity index (χ4n) is 1.41. The highest BCUT2D eigenvalue weighted by atomic mass is 16.5. The van der Waals surface area contributed by atoms with Crippen molar-refractivity contribution >= 4 is 5.97 Å². The van der Waals surface area contributed by atoms with Gasteiger partial charge in [-0.05, 0) is 12.1 Å². The number of nitrogens with zero attached hydrogens (tertiary/aromatic N) is 2. The van der Waals surface area contributed by atoms with Gasteiger partial charge in [-0.25, -0.2) is 4.68 Å². The summed E-state index contributed by atoms with van der Waals surface area (Å²) in [6.07, 6.45) is 3.06. The molecule has 0 aliphatic heterocycles. The van der Waals surface area contributed by atoms with Gasteiger partial charge in [0.25, 0.3) is 0 Å². The summed E-state index contributed by atoms with van der Waals surface area (Å²) in [5, 5.41) is 21.9. The SMILES string of the molecule is O=C(O)CCOc1cnn(-c2cccc(O)c2)c1. The second-order valence-corrected chi connectivity index (χ2v) is 3.63. The van der Waals surface area contributed by atoms with Crippen LogP contribution in [0.15, 0.2) is 36.7 Å². The molecule has 0 fully saturated rings. The van der Waals surface area contributed by atoms with Gasteiger partial charge < -0.3 is 14.9 Å². The number of carboxylic acids is 1. The van der Waals surface area contributed by atoms with Gasteiger partial charge in [0.1, 0.15) is 5.75 Å². The van der Waals surface area contributed by atoms with Gasteiger partial charge in [0.15, 0.2) is 5.75 Å². The first-order valence-electron chi connectivity index (χ1n) is 5.34. The zero-order valence-corrected chi connectivity index (χ0v) is 9.48. The van der Waals surface area contributed by atoms with E-state index in [1.54, 1.807) is 30.5 Å². The molecule has 0 unspecified atom stereocenters. The van der Waals surface area contributed by atoms with Crippen LogP contribution in [0.2, 0.25) is 0 Å². The average molecular weight is 248 g/mol. The number of aliphatic carboxylic acids is 1. The first-order valence-corrected chi connectivity index (χ1v) is 5.34. The van der Waals surface area contributed by atoms with Gasteiger partial charge >= 0.3 is 5.97 Å². The predicted molar refractivity (Wildman–Crippen MR) is 63.0 cm³/mol. The number of aromatic hydroxyl groups is 1. The summed E-state index contributed by atoms with van der Waals surface area (Å²) < 4.78 is 6.76. The van der Waals surface area contributed by atoms with Crippen LogP contribution in [0, 0.1) is 0 Å². The van der Waals surface area contributed by atoms with Crippen molar-refractivity contribution in [2.24, 2.45) is 0 Å². The Morgan fingerprint density at radius 3 is 3.00 bits per heavy atom. The third-order valence-corrected chi connectivity index (χ3v) is 2.24. The van der Waals surface area contributed by atoms with Crippen molar-refractivity contribution in [3.63, 3.8) is 0 Å². The smallest absolute Gasteiger partial charge is 0.306 e. The Hall–Kier alpha value is -2.50. The summed E-state index contributed by atoms with van der Waals surface area (Å²) in [5.74, 6) is -0.272. The van der Waals surface area contributed by atoms with Gasteiger partial charge in [-0.1, -0.05) is 6.07 Å². The average Bonchev–Trinajstić information content (AvgIpc) is 2.77. The lowest BCUT2D eigenvalue weighted by atomic mass is 10.3. The Kier molecular flexibility index (Phi) is 3.47. The number of hydrogen-bond donors (Lipinski definition) is 2. The van der Waals surface area contributed by atoms with E-state index >= 15 is 0 Å². The molecule has 0 bridgehead atoms. The number of carboxylic acid groups (broad SMARTS) is 1. The van der Waals surface area contributed by atoms with E-state index in [9.17, 15) is 9.90 Å². The van der Waals surface area contributed by atoms with Crippen LogP contribution in [0.25, 0.3) is 5.69 Å². The molecule has 0 aliphatic rings. The summed E-state index contributed by atoms with van der Waals surface area (Å²) in [4.78, 5) is 10.3. The Morgan fingerprint density at radius 2 is 2.28 bits per heavy atom. The zero-order chi connectivity index (χ0) is 13.0. The second kappa shape index (κ2) is 5.22. The Balaban J connectivity index is 2.04. The third kappa shape index (κ3) is 3.00. The molecule has 1 aromatic heterocycles. The van der Waals surface area contributed by atoms with Gasteiger partial charge in [-0.2, -0.15) is 5.10 Å². The van der Waals surface area contributed by atoms with Crippen molar-refractivity contribution in [3.05, 3.63) is 36.7 Å². The van der Waals surface area contributed by atoms with Crippen LogP contribution in [0.5, 0.6) is 11.5 Å². The van der Waals surface area contributed by atoms with Crippen molar-refractivity contribution in [1.29, 1.82) is 0 Å². The van der Waals surface area contributed by atoms with Gasteiger partial charge in [0, 0.05) is 6.07 Å². The molecule has 2 N–H and O–H groups in total. The van der Waals surface area contributed by atoms with Gasteiger partial charge in [-0.3, -0.25) is 4.79 Å².